The van der Waals surface area contributed by atoms with Crippen molar-refractivity contribution in [2.75, 3.05) is 16.8 Å². The van der Waals surface area contributed by atoms with Crippen LogP contribution in [0.5, 0.6) is 0 Å². The van der Waals surface area contributed by atoms with Gasteiger partial charge in [-0.25, -0.2) is 13.2 Å². The topological polar surface area (TPSA) is 104 Å². The van der Waals surface area contributed by atoms with Gasteiger partial charge in [-0.15, -0.1) is 0 Å². The van der Waals surface area contributed by atoms with E-state index < -0.39 is 15.9 Å². The molecule has 142 valence electrons. The molecule has 1 unspecified atom stereocenters. The van der Waals surface area contributed by atoms with Gasteiger partial charge in [0.25, 0.3) is 5.91 Å². The summed E-state index contributed by atoms with van der Waals surface area (Å²) in [5, 5.41) is 8.13. The molecule has 0 spiro atoms. The quantitative estimate of drug-likeness (QED) is 0.729. The smallest absolute Gasteiger partial charge is 0.319 e. The molecule has 3 rings (SSSR count). The summed E-state index contributed by atoms with van der Waals surface area (Å²) < 4.78 is 22.8. The maximum absolute atomic E-state index is 12.2. The summed E-state index contributed by atoms with van der Waals surface area (Å²) in [7, 11) is -3.04. The highest BCUT2D eigenvalue weighted by Crippen LogP contribution is 2.13. The van der Waals surface area contributed by atoms with Gasteiger partial charge in [0.15, 0.2) is 9.84 Å². The molecular weight excluding hydrogens is 366 g/mol. The minimum atomic E-state index is -3.04. The van der Waals surface area contributed by atoms with Crippen molar-refractivity contribution in [2.45, 2.75) is 19.0 Å². The van der Waals surface area contributed by atoms with E-state index in [0.29, 0.717) is 24.2 Å². The van der Waals surface area contributed by atoms with Crippen molar-refractivity contribution in [3.05, 3.63) is 65.7 Å². The number of sulfone groups is 1. The van der Waals surface area contributed by atoms with Gasteiger partial charge in [0, 0.05) is 23.8 Å². The molecular formula is C19H21N3O4S. The summed E-state index contributed by atoms with van der Waals surface area (Å²) in [6, 6.07) is 15.3. The highest BCUT2D eigenvalue weighted by Gasteiger charge is 2.28. The third-order valence-electron chi connectivity index (χ3n) is 4.27. The molecule has 1 heterocycles. The van der Waals surface area contributed by atoms with Gasteiger partial charge in [0.05, 0.1) is 11.5 Å². The SMILES string of the molecule is O=C(Nc1ccc(C(=O)NCc2ccccc2)cc1)NC1CCS(=O)(=O)C1. The van der Waals surface area contributed by atoms with Crippen LogP contribution in [-0.4, -0.2) is 37.9 Å². The summed E-state index contributed by atoms with van der Waals surface area (Å²) in [5.41, 5.74) is 2.02. The first-order valence-electron chi connectivity index (χ1n) is 8.61. The van der Waals surface area contributed by atoms with E-state index in [1.807, 2.05) is 30.3 Å². The number of amides is 3. The molecule has 1 saturated heterocycles. The zero-order valence-corrected chi connectivity index (χ0v) is 15.5. The van der Waals surface area contributed by atoms with E-state index >= 15 is 0 Å². The molecule has 1 atom stereocenters. The Hall–Kier alpha value is -2.87. The molecule has 0 aliphatic carbocycles. The number of anilines is 1. The van der Waals surface area contributed by atoms with E-state index in [4.69, 9.17) is 0 Å². The lowest BCUT2D eigenvalue weighted by Crippen LogP contribution is -2.38. The van der Waals surface area contributed by atoms with Gasteiger partial charge in [-0.3, -0.25) is 4.79 Å². The largest absolute Gasteiger partial charge is 0.348 e. The highest BCUT2D eigenvalue weighted by atomic mass is 32.2. The summed E-state index contributed by atoms with van der Waals surface area (Å²) in [6.07, 6.45) is 0.427. The maximum Gasteiger partial charge on any atom is 0.319 e. The zero-order chi connectivity index (χ0) is 19.3. The number of hydrogen-bond acceptors (Lipinski definition) is 4. The molecule has 0 radical (unpaired) electrons. The van der Waals surface area contributed by atoms with Crippen molar-refractivity contribution in [3.63, 3.8) is 0 Å². The van der Waals surface area contributed by atoms with E-state index in [0.717, 1.165) is 5.56 Å². The summed E-state index contributed by atoms with van der Waals surface area (Å²) in [5.74, 6) is -0.128. The fraction of sp³-hybridized carbons (Fsp3) is 0.263. The molecule has 2 aromatic rings. The van der Waals surface area contributed by atoms with Crippen LogP contribution in [0.15, 0.2) is 54.6 Å². The maximum atomic E-state index is 12.2. The van der Waals surface area contributed by atoms with Gasteiger partial charge in [-0.05, 0) is 36.2 Å². The van der Waals surface area contributed by atoms with Crippen LogP contribution in [-0.2, 0) is 16.4 Å². The summed E-state index contributed by atoms with van der Waals surface area (Å²) in [6.45, 7) is 0.437. The number of hydrogen-bond donors (Lipinski definition) is 3. The van der Waals surface area contributed by atoms with Crippen molar-refractivity contribution >= 4 is 27.5 Å². The minimum Gasteiger partial charge on any atom is -0.348 e. The second-order valence-corrected chi connectivity index (χ2v) is 8.67. The Morgan fingerprint density at radius 2 is 1.70 bits per heavy atom. The molecule has 27 heavy (non-hydrogen) atoms. The average Bonchev–Trinajstić information content (AvgIpc) is 2.99. The van der Waals surface area contributed by atoms with Gasteiger partial charge in [-0.2, -0.15) is 0 Å². The first-order valence-corrected chi connectivity index (χ1v) is 10.4. The first kappa shape index (κ1) is 18.9. The molecule has 7 nitrogen and oxygen atoms in total. The molecule has 1 aliphatic rings. The number of benzene rings is 2. The molecule has 1 fully saturated rings. The summed E-state index contributed by atoms with van der Waals surface area (Å²) >= 11 is 0. The zero-order valence-electron chi connectivity index (χ0n) is 14.6. The first-order chi connectivity index (χ1) is 12.9. The average molecular weight is 387 g/mol. The lowest BCUT2D eigenvalue weighted by molar-refractivity contribution is 0.0951. The minimum absolute atomic E-state index is 0.0268. The van der Waals surface area contributed by atoms with E-state index in [9.17, 15) is 18.0 Å². The van der Waals surface area contributed by atoms with Gasteiger partial charge in [0.2, 0.25) is 0 Å². The lowest BCUT2D eigenvalue weighted by Gasteiger charge is -2.12. The van der Waals surface area contributed by atoms with Crippen molar-refractivity contribution < 1.29 is 18.0 Å². The van der Waals surface area contributed by atoms with E-state index in [-0.39, 0.29) is 23.5 Å². The van der Waals surface area contributed by atoms with Crippen LogP contribution in [0.1, 0.15) is 22.3 Å². The number of rotatable bonds is 5. The van der Waals surface area contributed by atoms with Crippen molar-refractivity contribution in [3.8, 4) is 0 Å². The van der Waals surface area contributed by atoms with Gasteiger partial charge in [0.1, 0.15) is 0 Å². The summed E-state index contributed by atoms with van der Waals surface area (Å²) in [4.78, 5) is 24.1. The van der Waals surface area contributed by atoms with E-state index in [1.54, 1.807) is 24.3 Å². The van der Waals surface area contributed by atoms with Gasteiger partial charge in [-0.1, -0.05) is 30.3 Å². The molecule has 3 N–H and O–H groups in total. The molecule has 8 heteroatoms. The Bertz CT molecular complexity index is 912. The second kappa shape index (κ2) is 8.22. The van der Waals surface area contributed by atoms with Crippen LogP contribution in [0.4, 0.5) is 10.5 Å². The third kappa shape index (κ3) is 5.55. The van der Waals surface area contributed by atoms with Crippen molar-refractivity contribution in [2.24, 2.45) is 0 Å². The third-order valence-corrected chi connectivity index (χ3v) is 6.04. The molecule has 0 saturated carbocycles. The normalized spacial score (nSPS) is 17.9. The van der Waals surface area contributed by atoms with Crippen LogP contribution < -0.4 is 16.0 Å². The highest BCUT2D eigenvalue weighted by molar-refractivity contribution is 7.91. The Balaban J connectivity index is 1.49. The van der Waals surface area contributed by atoms with Crippen LogP contribution in [0.2, 0.25) is 0 Å². The van der Waals surface area contributed by atoms with Gasteiger partial charge >= 0.3 is 6.03 Å². The monoisotopic (exact) mass is 387 g/mol. The van der Waals surface area contributed by atoms with Crippen molar-refractivity contribution in [1.82, 2.24) is 10.6 Å². The number of carbonyl (C=O) groups excluding carboxylic acids is 2. The van der Waals surface area contributed by atoms with Gasteiger partial charge < -0.3 is 16.0 Å². The molecule has 2 aromatic carbocycles. The number of carbonyl (C=O) groups is 2. The predicted molar refractivity (Wildman–Crippen MR) is 103 cm³/mol. The molecule has 3 amide bonds. The fourth-order valence-electron chi connectivity index (χ4n) is 2.85. The molecule has 0 aromatic heterocycles. The van der Waals surface area contributed by atoms with Crippen LogP contribution in [0.25, 0.3) is 0 Å². The fourth-order valence-corrected chi connectivity index (χ4v) is 4.52. The lowest BCUT2D eigenvalue weighted by atomic mass is 10.1. The van der Waals surface area contributed by atoms with Crippen LogP contribution >= 0.6 is 0 Å². The van der Waals surface area contributed by atoms with E-state index in [1.165, 1.54) is 0 Å². The van der Waals surface area contributed by atoms with E-state index in [2.05, 4.69) is 16.0 Å². The Morgan fingerprint density at radius 3 is 2.33 bits per heavy atom. The standard InChI is InChI=1S/C19H21N3O4S/c23-18(20-12-14-4-2-1-3-5-14)15-6-8-16(9-7-15)21-19(24)22-17-10-11-27(25,26)13-17/h1-9,17H,10-13H2,(H,20,23)(H2,21,22,24). The predicted octanol–water partition coefficient (Wildman–Crippen LogP) is 1.93. The Kier molecular flexibility index (Phi) is 5.75. The number of urea groups is 1. The van der Waals surface area contributed by atoms with Crippen molar-refractivity contribution in [1.29, 1.82) is 0 Å². The van der Waals surface area contributed by atoms with Crippen LogP contribution in [0, 0.1) is 0 Å². The molecule has 1 aliphatic heterocycles. The van der Waals surface area contributed by atoms with Crippen LogP contribution in [0.3, 0.4) is 0 Å². The number of nitrogens with one attached hydrogen (secondary N) is 3. The Morgan fingerprint density at radius 1 is 1.00 bits per heavy atom. The second-order valence-electron chi connectivity index (χ2n) is 6.44. The Labute approximate surface area is 158 Å². The molecule has 0 bridgehead atoms.